The van der Waals surface area contributed by atoms with Crippen LogP contribution >= 0.6 is 0 Å². The lowest BCUT2D eigenvalue weighted by molar-refractivity contribution is 0.102. The van der Waals surface area contributed by atoms with Crippen molar-refractivity contribution >= 4 is 0 Å². The number of rotatable bonds is 9. The van der Waals surface area contributed by atoms with Gasteiger partial charge in [0.25, 0.3) is 0 Å². The van der Waals surface area contributed by atoms with E-state index >= 15 is 0 Å². The van der Waals surface area contributed by atoms with E-state index in [1.807, 2.05) is 0 Å². The summed E-state index contributed by atoms with van der Waals surface area (Å²) in [6, 6.07) is 2.77. The summed E-state index contributed by atoms with van der Waals surface area (Å²) in [4.78, 5) is 0. The number of nitriles is 1. The van der Waals surface area contributed by atoms with Gasteiger partial charge in [-0.3, -0.25) is 0 Å². The van der Waals surface area contributed by atoms with Crippen LogP contribution in [0.4, 0.5) is 0 Å². The quantitative estimate of drug-likeness (QED) is 0.398. The van der Waals surface area contributed by atoms with Crippen LogP contribution in [0.15, 0.2) is 0 Å². The van der Waals surface area contributed by atoms with Gasteiger partial charge in [-0.15, -0.1) is 0 Å². The second kappa shape index (κ2) is 10.5. The van der Waals surface area contributed by atoms with Crippen molar-refractivity contribution in [1.82, 2.24) is 0 Å². The van der Waals surface area contributed by atoms with E-state index < -0.39 is 0 Å². The zero-order valence-corrected chi connectivity index (χ0v) is 16.5. The molecular formula is C23H41N. The Morgan fingerprint density at radius 2 is 1.62 bits per heavy atom. The fourth-order valence-electron chi connectivity index (χ4n) is 5.52. The fraction of sp³-hybridized carbons (Fsp3) is 0.957. The van der Waals surface area contributed by atoms with Gasteiger partial charge in [-0.25, -0.2) is 0 Å². The summed E-state index contributed by atoms with van der Waals surface area (Å²) in [5.41, 5.74) is 0.0376. The number of nitrogens with zero attached hydrogens (tertiary/aromatic N) is 1. The van der Waals surface area contributed by atoms with E-state index in [4.69, 9.17) is 0 Å². The van der Waals surface area contributed by atoms with E-state index in [0.29, 0.717) is 0 Å². The minimum atomic E-state index is 0.0376. The average Bonchev–Trinajstić information content (AvgIpc) is 2.64. The summed E-state index contributed by atoms with van der Waals surface area (Å²) in [6.07, 6.45) is 21.8. The Bertz CT molecular complexity index is 374. The molecule has 0 N–H and O–H groups in total. The van der Waals surface area contributed by atoms with Crippen LogP contribution in [0.2, 0.25) is 0 Å². The molecule has 2 aliphatic rings. The topological polar surface area (TPSA) is 23.8 Å². The van der Waals surface area contributed by atoms with E-state index in [1.54, 1.807) is 0 Å². The zero-order valence-electron chi connectivity index (χ0n) is 16.5. The maximum Gasteiger partial charge on any atom is 0.0689 e. The Balaban J connectivity index is 1.76. The predicted octanol–water partition coefficient (Wildman–Crippen LogP) is 7.65. The summed E-state index contributed by atoms with van der Waals surface area (Å²) in [5, 5.41) is 9.82. The predicted molar refractivity (Wildman–Crippen MR) is 104 cm³/mol. The summed E-state index contributed by atoms with van der Waals surface area (Å²) < 4.78 is 0. The molecule has 0 radical (unpaired) electrons. The number of hydrogen-bond donors (Lipinski definition) is 0. The van der Waals surface area contributed by atoms with Gasteiger partial charge >= 0.3 is 0 Å². The minimum absolute atomic E-state index is 0.0376. The molecule has 0 heterocycles. The van der Waals surface area contributed by atoms with Crippen molar-refractivity contribution in [3.05, 3.63) is 0 Å². The Morgan fingerprint density at radius 3 is 2.29 bits per heavy atom. The van der Waals surface area contributed by atoms with Gasteiger partial charge in [-0.05, 0) is 49.9 Å². The van der Waals surface area contributed by atoms with E-state index in [-0.39, 0.29) is 5.41 Å². The lowest BCUT2D eigenvalue weighted by Crippen LogP contribution is -2.32. The molecule has 2 rings (SSSR count). The first kappa shape index (κ1) is 19.8. The molecule has 0 aromatic heterocycles. The molecule has 2 unspecified atom stereocenters. The lowest BCUT2D eigenvalue weighted by Gasteiger charge is -2.42. The van der Waals surface area contributed by atoms with E-state index in [2.05, 4.69) is 19.9 Å². The maximum atomic E-state index is 9.82. The Kier molecular flexibility index (Phi) is 8.65. The lowest BCUT2D eigenvalue weighted by atomic mass is 9.62. The van der Waals surface area contributed by atoms with Crippen LogP contribution in [-0.2, 0) is 0 Å². The third-order valence-corrected chi connectivity index (χ3v) is 7.15. The molecule has 0 spiro atoms. The van der Waals surface area contributed by atoms with Crippen LogP contribution in [-0.4, -0.2) is 0 Å². The van der Waals surface area contributed by atoms with Crippen molar-refractivity contribution in [2.24, 2.45) is 23.2 Å². The smallest absolute Gasteiger partial charge is 0.0689 e. The normalized spacial score (nSPS) is 34.0. The highest BCUT2D eigenvalue weighted by atomic mass is 14.5. The molecule has 0 saturated heterocycles. The highest BCUT2D eigenvalue weighted by Crippen LogP contribution is 2.48. The van der Waals surface area contributed by atoms with Gasteiger partial charge in [0.1, 0.15) is 0 Å². The molecule has 2 atom stereocenters. The molecule has 2 aliphatic carbocycles. The Labute approximate surface area is 151 Å². The van der Waals surface area contributed by atoms with Crippen molar-refractivity contribution in [2.45, 2.75) is 117 Å². The molecule has 0 amide bonds. The summed E-state index contributed by atoms with van der Waals surface area (Å²) in [5.74, 6) is 2.81. The average molecular weight is 332 g/mol. The third-order valence-electron chi connectivity index (χ3n) is 7.15. The Morgan fingerprint density at radius 1 is 0.875 bits per heavy atom. The van der Waals surface area contributed by atoms with E-state index in [9.17, 15) is 5.26 Å². The Hall–Kier alpha value is -0.510. The molecule has 2 fully saturated rings. The molecule has 0 aromatic carbocycles. The maximum absolute atomic E-state index is 9.82. The van der Waals surface area contributed by atoms with Crippen molar-refractivity contribution in [1.29, 1.82) is 5.26 Å². The monoisotopic (exact) mass is 331 g/mol. The first-order chi connectivity index (χ1) is 11.7. The molecule has 1 heteroatoms. The first-order valence-corrected chi connectivity index (χ1v) is 11.1. The van der Waals surface area contributed by atoms with Crippen LogP contribution in [0.3, 0.4) is 0 Å². The molecule has 138 valence electrons. The van der Waals surface area contributed by atoms with Crippen molar-refractivity contribution in [2.75, 3.05) is 0 Å². The van der Waals surface area contributed by atoms with Crippen molar-refractivity contribution in [3.63, 3.8) is 0 Å². The SMILES string of the molecule is CCCCCC[C@H]1CC[C@H](C2CCCC(C#N)(CCCC)C2)CC1. The molecule has 2 saturated carbocycles. The van der Waals surface area contributed by atoms with Gasteiger partial charge in [0.2, 0.25) is 0 Å². The van der Waals surface area contributed by atoms with Gasteiger partial charge < -0.3 is 0 Å². The molecule has 1 nitrogen and oxygen atoms in total. The zero-order chi connectivity index (χ0) is 17.3. The molecular weight excluding hydrogens is 290 g/mol. The van der Waals surface area contributed by atoms with Gasteiger partial charge in [0.15, 0.2) is 0 Å². The fourth-order valence-corrected chi connectivity index (χ4v) is 5.52. The van der Waals surface area contributed by atoms with Crippen molar-refractivity contribution in [3.8, 4) is 6.07 Å². The third kappa shape index (κ3) is 5.79. The van der Waals surface area contributed by atoms with Crippen LogP contribution in [0, 0.1) is 34.5 Å². The van der Waals surface area contributed by atoms with Gasteiger partial charge in [0, 0.05) is 0 Å². The van der Waals surface area contributed by atoms with E-state index in [0.717, 1.165) is 24.2 Å². The van der Waals surface area contributed by atoms with Crippen molar-refractivity contribution < 1.29 is 0 Å². The molecule has 0 aromatic rings. The second-order valence-electron chi connectivity index (χ2n) is 8.98. The molecule has 24 heavy (non-hydrogen) atoms. The highest BCUT2D eigenvalue weighted by molar-refractivity contribution is 5.03. The van der Waals surface area contributed by atoms with Crippen LogP contribution in [0.25, 0.3) is 0 Å². The van der Waals surface area contributed by atoms with Crippen LogP contribution < -0.4 is 0 Å². The van der Waals surface area contributed by atoms with Crippen LogP contribution in [0.1, 0.15) is 117 Å². The standard InChI is InChI=1S/C23H41N/c1-3-5-7-8-10-20-12-14-21(15-13-20)22-11-9-17-23(18-22,19-24)16-6-4-2/h20-22H,3-18H2,1-2H3/t20-,21-,22?,23?. The van der Waals surface area contributed by atoms with Gasteiger partial charge in [0.05, 0.1) is 11.5 Å². The summed E-state index contributed by atoms with van der Waals surface area (Å²) in [6.45, 7) is 4.56. The number of unbranched alkanes of at least 4 members (excludes halogenated alkanes) is 4. The van der Waals surface area contributed by atoms with Gasteiger partial charge in [-0.2, -0.15) is 5.26 Å². The summed E-state index contributed by atoms with van der Waals surface area (Å²) in [7, 11) is 0. The first-order valence-electron chi connectivity index (χ1n) is 11.1. The molecule has 0 aliphatic heterocycles. The number of hydrogen-bond acceptors (Lipinski definition) is 1. The molecule has 0 bridgehead atoms. The highest BCUT2D eigenvalue weighted by Gasteiger charge is 2.39. The van der Waals surface area contributed by atoms with E-state index in [1.165, 1.54) is 96.3 Å². The minimum Gasteiger partial charge on any atom is -0.198 e. The summed E-state index contributed by atoms with van der Waals surface area (Å²) >= 11 is 0. The largest absolute Gasteiger partial charge is 0.198 e. The van der Waals surface area contributed by atoms with Crippen LogP contribution in [0.5, 0.6) is 0 Å². The second-order valence-corrected chi connectivity index (χ2v) is 8.98. The van der Waals surface area contributed by atoms with Gasteiger partial charge in [-0.1, -0.05) is 84.5 Å².